The van der Waals surface area contributed by atoms with Crippen LogP contribution in [0.4, 0.5) is 0 Å². The van der Waals surface area contributed by atoms with Crippen LogP contribution in [0.15, 0.2) is 28.0 Å². The van der Waals surface area contributed by atoms with Crippen LogP contribution in [0.25, 0.3) is 0 Å². The van der Waals surface area contributed by atoms with Crippen molar-refractivity contribution in [1.82, 2.24) is 0 Å². The lowest BCUT2D eigenvalue weighted by molar-refractivity contribution is 0.467. The van der Waals surface area contributed by atoms with Gasteiger partial charge in [0.05, 0.1) is 9.79 Å². The lowest BCUT2D eigenvalue weighted by Gasteiger charge is -2.17. The van der Waals surface area contributed by atoms with Gasteiger partial charge in [-0.25, -0.2) is 8.42 Å². The van der Waals surface area contributed by atoms with Gasteiger partial charge in [-0.2, -0.15) is 0 Å². The standard InChI is InChI=1S/C17H20O4S/c1-9-8-15(19)13(5)17(10(9)2)22(20,21)16-7-6-14(18)11(3)12(16)4/h6-8,18-19H,1-5H3. The van der Waals surface area contributed by atoms with Gasteiger partial charge < -0.3 is 10.2 Å². The molecule has 4 nitrogen and oxygen atoms in total. The lowest BCUT2D eigenvalue weighted by Crippen LogP contribution is -2.10. The van der Waals surface area contributed by atoms with E-state index in [-0.39, 0.29) is 21.3 Å². The maximum atomic E-state index is 13.1. The van der Waals surface area contributed by atoms with E-state index < -0.39 is 9.84 Å². The van der Waals surface area contributed by atoms with E-state index in [9.17, 15) is 18.6 Å². The fraction of sp³-hybridized carbons (Fsp3) is 0.294. The van der Waals surface area contributed by atoms with Crippen LogP contribution in [-0.2, 0) is 9.84 Å². The van der Waals surface area contributed by atoms with Crippen molar-refractivity contribution in [3.63, 3.8) is 0 Å². The summed E-state index contributed by atoms with van der Waals surface area (Å²) in [5.41, 5.74) is 2.73. The van der Waals surface area contributed by atoms with Crippen molar-refractivity contribution in [3.8, 4) is 11.5 Å². The second-order valence-electron chi connectivity index (χ2n) is 5.63. The van der Waals surface area contributed by atoms with Gasteiger partial charge in [-0.05, 0) is 75.1 Å². The Kier molecular flexibility index (Phi) is 3.96. The van der Waals surface area contributed by atoms with Gasteiger partial charge in [0.1, 0.15) is 11.5 Å². The number of phenolic OH excluding ortho intramolecular Hbond substituents is 2. The smallest absolute Gasteiger partial charge is 0.207 e. The zero-order valence-electron chi connectivity index (χ0n) is 13.4. The van der Waals surface area contributed by atoms with E-state index in [2.05, 4.69) is 0 Å². The van der Waals surface area contributed by atoms with Crippen LogP contribution in [0, 0.1) is 34.6 Å². The van der Waals surface area contributed by atoms with E-state index >= 15 is 0 Å². The first-order valence-corrected chi connectivity index (χ1v) is 8.41. The van der Waals surface area contributed by atoms with Gasteiger partial charge in [0.2, 0.25) is 9.84 Å². The maximum Gasteiger partial charge on any atom is 0.207 e. The van der Waals surface area contributed by atoms with Crippen molar-refractivity contribution in [3.05, 3.63) is 46.0 Å². The third kappa shape index (κ3) is 2.35. The van der Waals surface area contributed by atoms with E-state index in [0.717, 1.165) is 5.56 Å². The highest BCUT2D eigenvalue weighted by Gasteiger charge is 2.27. The molecule has 0 aliphatic carbocycles. The molecule has 0 heterocycles. The zero-order chi connectivity index (χ0) is 16.8. The van der Waals surface area contributed by atoms with Gasteiger partial charge in [0.15, 0.2) is 0 Å². The summed E-state index contributed by atoms with van der Waals surface area (Å²) in [6, 6.07) is 4.36. The average Bonchev–Trinajstić information content (AvgIpc) is 2.42. The number of phenols is 2. The highest BCUT2D eigenvalue weighted by atomic mass is 32.2. The van der Waals surface area contributed by atoms with Gasteiger partial charge >= 0.3 is 0 Å². The van der Waals surface area contributed by atoms with Crippen molar-refractivity contribution >= 4 is 9.84 Å². The second kappa shape index (κ2) is 5.32. The second-order valence-corrected chi connectivity index (χ2v) is 7.48. The summed E-state index contributed by atoms with van der Waals surface area (Å²) in [6.45, 7) is 8.44. The molecule has 2 aromatic rings. The Labute approximate surface area is 131 Å². The number of hydrogen-bond acceptors (Lipinski definition) is 4. The maximum absolute atomic E-state index is 13.1. The van der Waals surface area contributed by atoms with E-state index in [1.165, 1.54) is 12.1 Å². The number of aromatic hydroxyl groups is 2. The summed E-state index contributed by atoms with van der Waals surface area (Å²) >= 11 is 0. The molecule has 0 aromatic heterocycles. The molecular formula is C17H20O4S. The molecule has 0 saturated carbocycles. The Morgan fingerprint density at radius 1 is 0.773 bits per heavy atom. The third-order valence-electron chi connectivity index (χ3n) is 4.28. The minimum Gasteiger partial charge on any atom is -0.508 e. The molecule has 0 aliphatic heterocycles. The molecule has 2 N–H and O–H groups in total. The minimum atomic E-state index is -3.79. The molecular weight excluding hydrogens is 300 g/mol. The Balaban J connectivity index is 2.86. The molecule has 0 spiro atoms. The number of rotatable bonds is 2. The highest BCUT2D eigenvalue weighted by Crippen LogP contribution is 2.36. The molecule has 0 bridgehead atoms. The van der Waals surface area contributed by atoms with Crippen LogP contribution in [0.1, 0.15) is 27.8 Å². The molecule has 0 amide bonds. The Morgan fingerprint density at radius 3 is 1.95 bits per heavy atom. The average molecular weight is 320 g/mol. The number of benzene rings is 2. The van der Waals surface area contributed by atoms with Crippen LogP contribution in [0.5, 0.6) is 11.5 Å². The molecule has 0 radical (unpaired) electrons. The van der Waals surface area contributed by atoms with Crippen molar-refractivity contribution < 1.29 is 18.6 Å². The van der Waals surface area contributed by atoms with E-state index in [1.54, 1.807) is 40.7 Å². The van der Waals surface area contributed by atoms with Crippen molar-refractivity contribution in [2.75, 3.05) is 0 Å². The van der Waals surface area contributed by atoms with Gasteiger partial charge in [-0.1, -0.05) is 0 Å². The van der Waals surface area contributed by atoms with Gasteiger partial charge in [0.25, 0.3) is 0 Å². The Morgan fingerprint density at radius 2 is 1.36 bits per heavy atom. The molecule has 2 rings (SSSR count). The highest BCUT2D eigenvalue weighted by molar-refractivity contribution is 7.91. The third-order valence-corrected chi connectivity index (χ3v) is 6.45. The van der Waals surface area contributed by atoms with Crippen LogP contribution in [-0.4, -0.2) is 18.6 Å². The van der Waals surface area contributed by atoms with Crippen LogP contribution >= 0.6 is 0 Å². The molecule has 0 unspecified atom stereocenters. The molecule has 118 valence electrons. The van der Waals surface area contributed by atoms with Crippen molar-refractivity contribution in [1.29, 1.82) is 0 Å². The molecule has 22 heavy (non-hydrogen) atoms. The fourth-order valence-electron chi connectivity index (χ4n) is 2.58. The first-order valence-electron chi connectivity index (χ1n) is 6.93. The van der Waals surface area contributed by atoms with E-state index in [0.29, 0.717) is 22.3 Å². The molecule has 2 aromatic carbocycles. The monoisotopic (exact) mass is 320 g/mol. The Bertz CT molecular complexity index is 839. The van der Waals surface area contributed by atoms with E-state index in [4.69, 9.17) is 0 Å². The minimum absolute atomic E-state index is 0.0326. The molecule has 0 saturated heterocycles. The first kappa shape index (κ1) is 16.4. The van der Waals surface area contributed by atoms with E-state index in [1.807, 2.05) is 0 Å². The fourth-order valence-corrected chi connectivity index (χ4v) is 4.68. The predicted octanol–water partition coefficient (Wildman–Crippen LogP) is 3.47. The first-order chi connectivity index (χ1) is 10.1. The number of hydrogen-bond donors (Lipinski definition) is 2. The largest absolute Gasteiger partial charge is 0.508 e. The SMILES string of the molecule is Cc1cc(O)c(C)c(S(=O)(=O)c2ccc(O)c(C)c2C)c1C. The van der Waals surface area contributed by atoms with Crippen molar-refractivity contribution in [2.45, 2.75) is 44.4 Å². The molecule has 0 atom stereocenters. The quantitative estimate of drug-likeness (QED) is 0.888. The summed E-state index contributed by atoms with van der Waals surface area (Å²) in [6.07, 6.45) is 0. The van der Waals surface area contributed by atoms with Gasteiger partial charge in [-0.3, -0.25) is 0 Å². The lowest BCUT2D eigenvalue weighted by atomic mass is 10.1. The summed E-state index contributed by atoms with van der Waals surface area (Å²) < 4.78 is 26.1. The van der Waals surface area contributed by atoms with Crippen LogP contribution in [0.2, 0.25) is 0 Å². The summed E-state index contributed by atoms with van der Waals surface area (Å²) in [5.74, 6) is 0.0341. The molecule has 5 heteroatoms. The number of aryl methyl sites for hydroxylation is 1. The number of sulfone groups is 1. The Hall–Kier alpha value is -2.01. The van der Waals surface area contributed by atoms with Crippen molar-refractivity contribution in [2.24, 2.45) is 0 Å². The summed E-state index contributed by atoms with van der Waals surface area (Å²) in [7, 11) is -3.79. The zero-order valence-corrected chi connectivity index (χ0v) is 14.2. The molecule has 0 fully saturated rings. The summed E-state index contributed by atoms with van der Waals surface area (Å²) in [4.78, 5) is 0.289. The predicted molar refractivity (Wildman–Crippen MR) is 85.4 cm³/mol. The normalized spacial score (nSPS) is 11.7. The topological polar surface area (TPSA) is 74.6 Å². The van der Waals surface area contributed by atoms with Gasteiger partial charge in [0, 0.05) is 5.56 Å². The van der Waals surface area contributed by atoms with Crippen LogP contribution < -0.4 is 0 Å². The van der Waals surface area contributed by atoms with Crippen LogP contribution in [0.3, 0.4) is 0 Å². The van der Waals surface area contributed by atoms with Gasteiger partial charge in [-0.15, -0.1) is 0 Å². The molecule has 0 aliphatic rings. The summed E-state index contributed by atoms with van der Waals surface area (Å²) in [5, 5.41) is 19.7.